The second kappa shape index (κ2) is 5.00. The first-order valence-electron chi connectivity index (χ1n) is 6.38. The Bertz CT molecular complexity index is 229. The fourth-order valence-corrected chi connectivity index (χ4v) is 3.11. The average Bonchev–Trinajstić information content (AvgIpc) is 2.58. The van der Waals surface area contributed by atoms with Gasteiger partial charge in [0, 0.05) is 12.1 Å². The van der Waals surface area contributed by atoms with Gasteiger partial charge in [0.2, 0.25) is 0 Å². The van der Waals surface area contributed by atoms with Crippen LogP contribution in [0.25, 0.3) is 0 Å². The Kier molecular flexibility index (Phi) is 3.85. The van der Waals surface area contributed by atoms with E-state index in [0.29, 0.717) is 0 Å². The number of hydrogen-bond acceptors (Lipinski definition) is 4. The molecule has 1 heterocycles. The molecule has 1 saturated heterocycles. The van der Waals surface area contributed by atoms with E-state index in [4.69, 9.17) is 0 Å². The molecule has 16 heavy (non-hydrogen) atoms. The van der Waals surface area contributed by atoms with Gasteiger partial charge in [-0.05, 0) is 46.4 Å². The molecule has 1 aliphatic carbocycles. The highest BCUT2D eigenvalue weighted by Crippen LogP contribution is 2.29. The topological polar surface area (TPSA) is 46.9 Å². The lowest BCUT2D eigenvalue weighted by atomic mass is 10.1. The molecular weight excluding hydrogens is 204 g/mol. The zero-order chi connectivity index (χ0) is 11.7. The molecule has 0 aromatic heterocycles. The van der Waals surface area contributed by atoms with Crippen LogP contribution in [0.1, 0.15) is 25.7 Å². The molecule has 1 aliphatic heterocycles. The van der Waals surface area contributed by atoms with E-state index in [1.165, 1.54) is 19.3 Å². The molecule has 0 bridgehead atoms. The summed E-state index contributed by atoms with van der Waals surface area (Å²) in [6.45, 7) is 2.16. The summed E-state index contributed by atoms with van der Waals surface area (Å²) >= 11 is 0. The molecule has 0 aromatic rings. The van der Waals surface area contributed by atoms with Crippen LogP contribution in [0.2, 0.25) is 0 Å². The minimum atomic E-state index is -0.595. The van der Waals surface area contributed by atoms with Crippen molar-refractivity contribution in [1.29, 1.82) is 0 Å². The molecule has 0 unspecified atom stereocenters. The Labute approximate surface area is 97.9 Å². The lowest BCUT2D eigenvalue weighted by Crippen LogP contribution is -2.46. The van der Waals surface area contributed by atoms with Crippen LogP contribution < -0.4 is 0 Å². The van der Waals surface area contributed by atoms with E-state index < -0.39 is 12.2 Å². The molecule has 94 valence electrons. The maximum absolute atomic E-state index is 10.1. The van der Waals surface area contributed by atoms with Crippen LogP contribution in [0.4, 0.5) is 0 Å². The van der Waals surface area contributed by atoms with Gasteiger partial charge < -0.3 is 15.1 Å². The van der Waals surface area contributed by atoms with E-state index in [1.54, 1.807) is 0 Å². The first-order valence-corrected chi connectivity index (χ1v) is 6.38. The van der Waals surface area contributed by atoms with Crippen molar-refractivity contribution < 1.29 is 10.2 Å². The number of aliphatic hydroxyl groups excluding tert-OH is 2. The normalized spacial score (nSPS) is 41.8. The molecule has 0 amide bonds. The fourth-order valence-electron chi connectivity index (χ4n) is 3.11. The third-order valence-electron chi connectivity index (χ3n) is 4.14. The smallest absolute Gasteiger partial charge is 0.0969 e. The maximum atomic E-state index is 10.1. The molecule has 0 radical (unpaired) electrons. The summed E-state index contributed by atoms with van der Waals surface area (Å²) < 4.78 is 0. The van der Waals surface area contributed by atoms with E-state index >= 15 is 0 Å². The van der Waals surface area contributed by atoms with Crippen LogP contribution in [0, 0.1) is 0 Å². The van der Waals surface area contributed by atoms with Gasteiger partial charge in [-0.2, -0.15) is 0 Å². The van der Waals surface area contributed by atoms with E-state index in [9.17, 15) is 10.2 Å². The zero-order valence-corrected chi connectivity index (χ0v) is 10.3. The van der Waals surface area contributed by atoms with Crippen molar-refractivity contribution in [1.82, 2.24) is 9.80 Å². The molecule has 2 rings (SSSR count). The van der Waals surface area contributed by atoms with Crippen LogP contribution in [0.5, 0.6) is 0 Å². The number of hydrogen-bond donors (Lipinski definition) is 2. The number of rotatable bonds is 2. The zero-order valence-electron chi connectivity index (χ0n) is 10.3. The van der Waals surface area contributed by atoms with E-state index in [-0.39, 0.29) is 12.1 Å². The van der Waals surface area contributed by atoms with Crippen molar-refractivity contribution >= 4 is 0 Å². The fraction of sp³-hybridized carbons (Fsp3) is 1.00. The Morgan fingerprint density at radius 2 is 1.62 bits per heavy atom. The highest BCUT2D eigenvalue weighted by atomic mass is 16.3. The summed E-state index contributed by atoms with van der Waals surface area (Å²) in [5.74, 6) is 0. The molecule has 4 heteroatoms. The van der Waals surface area contributed by atoms with Crippen molar-refractivity contribution in [3.63, 3.8) is 0 Å². The second-order valence-corrected chi connectivity index (χ2v) is 5.41. The first-order chi connectivity index (χ1) is 7.61. The summed E-state index contributed by atoms with van der Waals surface area (Å²) in [5, 5.41) is 20.1. The highest BCUT2D eigenvalue weighted by molar-refractivity contribution is 5.00. The maximum Gasteiger partial charge on any atom is 0.0969 e. The van der Waals surface area contributed by atoms with E-state index in [1.807, 2.05) is 19.0 Å². The summed E-state index contributed by atoms with van der Waals surface area (Å²) in [6, 6.07) is 0.254. The number of likely N-dealkylation sites (tertiary alicyclic amines) is 1. The SMILES string of the molecule is CN(C)[C@@H]1C[C@@H](N2CCCCC2)[C@H](O)[C@H]1O. The van der Waals surface area contributed by atoms with Gasteiger partial charge in [0.15, 0.2) is 0 Å². The van der Waals surface area contributed by atoms with Gasteiger partial charge in [0.25, 0.3) is 0 Å². The summed E-state index contributed by atoms with van der Waals surface area (Å²) in [5.41, 5.74) is 0. The molecule has 4 atom stereocenters. The molecular formula is C12H24N2O2. The van der Waals surface area contributed by atoms with Gasteiger partial charge in [0.1, 0.15) is 0 Å². The van der Waals surface area contributed by atoms with E-state index in [0.717, 1.165) is 19.5 Å². The van der Waals surface area contributed by atoms with Gasteiger partial charge in [-0.25, -0.2) is 0 Å². The highest BCUT2D eigenvalue weighted by Gasteiger charge is 2.44. The van der Waals surface area contributed by atoms with Crippen molar-refractivity contribution in [2.24, 2.45) is 0 Å². The lowest BCUT2D eigenvalue weighted by Gasteiger charge is -2.34. The summed E-state index contributed by atoms with van der Waals surface area (Å²) in [7, 11) is 3.94. The number of nitrogens with zero attached hydrogens (tertiary/aromatic N) is 2. The van der Waals surface area contributed by atoms with Crippen molar-refractivity contribution in [2.75, 3.05) is 27.2 Å². The minimum absolute atomic E-state index is 0.0990. The van der Waals surface area contributed by atoms with Gasteiger partial charge in [0.05, 0.1) is 12.2 Å². The van der Waals surface area contributed by atoms with Crippen molar-refractivity contribution in [3.8, 4) is 0 Å². The van der Waals surface area contributed by atoms with Crippen LogP contribution >= 0.6 is 0 Å². The van der Waals surface area contributed by atoms with Crippen LogP contribution in [-0.4, -0.2) is 71.5 Å². The van der Waals surface area contributed by atoms with Gasteiger partial charge >= 0.3 is 0 Å². The molecule has 0 aromatic carbocycles. The third-order valence-corrected chi connectivity index (χ3v) is 4.14. The van der Waals surface area contributed by atoms with Crippen LogP contribution in [0.3, 0.4) is 0 Å². The Morgan fingerprint density at radius 3 is 2.12 bits per heavy atom. The van der Waals surface area contributed by atoms with Crippen molar-refractivity contribution in [2.45, 2.75) is 50.0 Å². The number of likely N-dealkylation sites (N-methyl/N-ethyl adjacent to an activating group) is 1. The summed E-state index contributed by atoms with van der Waals surface area (Å²) in [4.78, 5) is 4.39. The van der Waals surface area contributed by atoms with Gasteiger partial charge in [-0.3, -0.25) is 4.90 Å². The summed E-state index contributed by atoms with van der Waals surface area (Å²) in [6.07, 6.45) is 3.47. The second-order valence-electron chi connectivity index (χ2n) is 5.41. The minimum Gasteiger partial charge on any atom is -0.389 e. The quantitative estimate of drug-likeness (QED) is 0.693. The number of aliphatic hydroxyl groups is 2. The predicted octanol–water partition coefficient (Wildman–Crippen LogP) is -0.103. The molecule has 2 aliphatic rings. The van der Waals surface area contributed by atoms with Gasteiger partial charge in [-0.1, -0.05) is 6.42 Å². The molecule has 1 saturated carbocycles. The average molecular weight is 228 g/mol. The standard InChI is InChI=1S/C12H24N2O2/c1-13(2)9-8-10(12(16)11(9)15)14-6-4-3-5-7-14/h9-12,15-16H,3-8H2,1-2H3/t9-,10-,11+,12+/m1/s1. The first kappa shape index (κ1) is 12.3. The number of piperidine rings is 1. The third kappa shape index (κ3) is 2.25. The Morgan fingerprint density at radius 1 is 1.00 bits per heavy atom. The monoisotopic (exact) mass is 228 g/mol. The largest absolute Gasteiger partial charge is 0.389 e. The predicted molar refractivity (Wildman–Crippen MR) is 63.3 cm³/mol. The van der Waals surface area contributed by atoms with Crippen molar-refractivity contribution in [3.05, 3.63) is 0 Å². The van der Waals surface area contributed by atoms with Gasteiger partial charge in [-0.15, -0.1) is 0 Å². The van der Waals surface area contributed by atoms with Crippen LogP contribution in [-0.2, 0) is 0 Å². The lowest BCUT2D eigenvalue weighted by molar-refractivity contribution is -0.0188. The van der Waals surface area contributed by atoms with Crippen LogP contribution in [0.15, 0.2) is 0 Å². The molecule has 2 fully saturated rings. The molecule has 0 spiro atoms. The van der Waals surface area contributed by atoms with E-state index in [2.05, 4.69) is 4.90 Å². The molecule has 2 N–H and O–H groups in total. The molecule has 4 nitrogen and oxygen atoms in total. The Hall–Kier alpha value is -0.160. The Balaban J connectivity index is 2.00.